The number of carbonyl (C=O) groups is 1. The van der Waals surface area contributed by atoms with Crippen LogP contribution in [-0.4, -0.2) is 18.7 Å². The number of hydrogen-bond donors (Lipinski definition) is 0. The number of carbonyl (C=O) groups excluding carboxylic acids is 1. The summed E-state index contributed by atoms with van der Waals surface area (Å²) < 4.78 is 21.5. The molecule has 0 radical (unpaired) electrons. The van der Waals surface area contributed by atoms with Gasteiger partial charge in [0.2, 0.25) is 0 Å². The number of aryl methyl sites for hydroxylation is 1. The van der Waals surface area contributed by atoms with Gasteiger partial charge in [-0.1, -0.05) is 18.2 Å². The maximum atomic E-state index is 12.6. The second-order valence-corrected chi connectivity index (χ2v) is 7.04. The summed E-state index contributed by atoms with van der Waals surface area (Å²) in [4.78, 5) is 36.9. The SMILES string of the molecule is CCOC(=O)C(C)Oc1ccc2c(-c3cc4ccccc4oc3=O)cc(=O)oc2c1C. The van der Waals surface area contributed by atoms with Gasteiger partial charge in [0.1, 0.15) is 16.9 Å². The summed E-state index contributed by atoms with van der Waals surface area (Å²) in [5.41, 5.74) is 0.737. The van der Waals surface area contributed by atoms with E-state index in [1.807, 2.05) is 12.1 Å². The molecule has 0 aliphatic heterocycles. The molecule has 2 aromatic carbocycles. The minimum Gasteiger partial charge on any atom is -0.479 e. The Hall–Kier alpha value is -3.87. The number of benzene rings is 2. The van der Waals surface area contributed by atoms with Crippen LogP contribution in [0.3, 0.4) is 0 Å². The van der Waals surface area contributed by atoms with Gasteiger partial charge in [0.05, 0.1) is 12.2 Å². The second-order valence-electron chi connectivity index (χ2n) is 7.04. The zero-order valence-electron chi connectivity index (χ0n) is 17.3. The maximum absolute atomic E-state index is 12.6. The lowest BCUT2D eigenvalue weighted by Crippen LogP contribution is -2.26. The fraction of sp³-hybridized carbons (Fsp3) is 0.208. The fourth-order valence-corrected chi connectivity index (χ4v) is 3.44. The molecule has 7 heteroatoms. The number of rotatable bonds is 5. The van der Waals surface area contributed by atoms with Crippen LogP contribution in [0.15, 0.2) is 67.0 Å². The molecule has 2 heterocycles. The van der Waals surface area contributed by atoms with E-state index in [9.17, 15) is 14.4 Å². The van der Waals surface area contributed by atoms with Gasteiger partial charge in [0.25, 0.3) is 0 Å². The van der Waals surface area contributed by atoms with Crippen molar-refractivity contribution >= 4 is 27.9 Å². The van der Waals surface area contributed by atoms with Crippen molar-refractivity contribution < 1.29 is 23.1 Å². The van der Waals surface area contributed by atoms with Crippen LogP contribution in [0.4, 0.5) is 0 Å². The Morgan fingerprint density at radius 2 is 1.81 bits per heavy atom. The smallest absolute Gasteiger partial charge is 0.347 e. The van der Waals surface area contributed by atoms with Crippen LogP contribution in [0.1, 0.15) is 19.4 Å². The van der Waals surface area contributed by atoms with Crippen LogP contribution >= 0.6 is 0 Å². The average Bonchev–Trinajstić information content (AvgIpc) is 2.75. The summed E-state index contributed by atoms with van der Waals surface area (Å²) in [6, 6.07) is 13.5. The van der Waals surface area contributed by atoms with E-state index in [4.69, 9.17) is 18.3 Å². The first kappa shape index (κ1) is 20.4. The molecule has 158 valence electrons. The first-order valence-corrected chi connectivity index (χ1v) is 9.83. The van der Waals surface area contributed by atoms with Crippen LogP contribution in [-0.2, 0) is 9.53 Å². The van der Waals surface area contributed by atoms with Gasteiger partial charge in [-0.2, -0.15) is 0 Å². The summed E-state index contributed by atoms with van der Waals surface area (Å²) in [7, 11) is 0. The van der Waals surface area contributed by atoms with Gasteiger partial charge >= 0.3 is 17.2 Å². The zero-order chi connectivity index (χ0) is 22.1. The van der Waals surface area contributed by atoms with Gasteiger partial charge in [0, 0.05) is 28.0 Å². The molecule has 4 rings (SSSR count). The van der Waals surface area contributed by atoms with Crippen molar-refractivity contribution in [1.29, 1.82) is 0 Å². The molecule has 0 saturated heterocycles. The Labute approximate surface area is 176 Å². The molecule has 0 spiro atoms. The molecule has 0 bridgehead atoms. The zero-order valence-corrected chi connectivity index (χ0v) is 17.3. The minimum absolute atomic E-state index is 0.246. The standard InChI is InChI=1S/C24H20O7/c1-4-28-23(26)14(3)29-19-10-9-16-17(12-21(25)31-22(16)13(19)2)18-11-15-7-5-6-8-20(15)30-24(18)27/h5-12,14H,4H2,1-3H3. The summed E-state index contributed by atoms with van der Waals surface area (Å²) in [5.74, 6) is -0.120. The summed E-state index contributed by atoms with van der Waals surface area (Å²) in [6.07, 6.45) is -0.835. The lowest BCUT2D eigenvalue weighted by Gasteiger charge is -2.16. The molecule has 0 aliphatic rings. The molecule has 0 saturated carbocycles. The third kappa shape index (κ3) is 3.82. The van der Waals surface area contributed by atoms with Crippen molar-refractivity contribution in [3.05, 3.63) is 74.9 Å². The number of ether oxygens (including phenoxy) is 2. The van der Waals surface area contributed by atoms with Gasteiger partial charge in [-0.3, -0.25) is 0 Å². The van der Waals surface area contributed by atoms with Crippen molar-refractivity contribution in [2.75, 3.05) is 6.61 Å². The Morgan fingerprint density at radius 3 is 2.58 bits per heavy atom. The molecule has 7 nitrogen and oxygen atoms in total. The Kier molecular flexibility index (Phi) is 5.33. The minimum atomic E-state index is -0.835. The molecular weight excluding hydrogens is 400 g/mol. The van der Waals surface area contributed by atoms with Crippen LogP contribution in [0.2, 0.25) is 0 Å². The molecule has 1 unspecified atom stereocenters. The molecular formula is C24H20O7. The summed E-state index contributed by atoms with van der Waals surface area (Å²) in [6.45, 7) is 5.25. The third-order valence-electron chi connectivity index (χ3n) is 4.97. The van der Waals surface area contributed by atoms with E-state index in [1.165, 1.54) is 6.07 Å². The molecule has 31 heavy (non-hydrogen) atoms. The molecule has 4 aromatic rings. The van der Waals surface area contributed by atoms with Gasteiger partial charge in [-0.25, -0.2) is 14.4 Å². The fourth-order valence-electron chi connectivity index (χ4n) is 3.44. The molecule has 1 atom stereocenters. The highest BCUT2D eigenvalue weighted by Crippen LogP contribution is 2.33. The van der Waals surface area contributed by atoms with E-state index in [-0.39, 0.29) is 17.8 Å². The van der Waals surface area contributed by atoms with E-state index in [0.717, 1.165) is 5.39 Å². The Bertz CT molecular complexity index is 1410. The number of fused-ring (bicyclic) bond motifs is 2. The number of para-hydroxylation sites is 1. The molecule has 0 aliphatic carbocycles. The van der Waals surface area contributed by atoms with Gasteiger partial charge in [-0.05, 0) is 45.0 Å². The second kappa shape index (κ2) is 8.10. The average molecular weight is 420 g/mol. The quantitative estimate of drug-likeness (QED) is 0.353. The van der Waals surface area contributed by atoms with E-state index in [1.54, 1.807) is 51.1 Å². The number of hydrogen-bond acceptors (Lipinski definition) is 7. The molecule has 0 N–H and O–H groups in total. The third-order valence-corrected chi connectivity index (χ3v) is 4.97. The van der Waals surface area contributed by atoms with Crippen molar-refractivity contribution in [1.82, 2.24) is 0 Å². The van der Waals surface area contributed by atoms with Crippen LogP contribution in [0.5, 0.6) is 5.75 Å². The van der Waals surface area contributed by atoms with Gasteiger partial charge < -0.3 is 18.3 Å². The lowest BCUT2D eigenvalue weighted by molar-refractivity contribution is -0.150. The lowest BCUT2D eigenvalue weighted by atomic mass is 10.0. The van der Waals surface area contributed by atoms with Crippen molar-refractivity contribution in [3.63, 3.8) is 0 Å². The van der Waals surface area contributed by atoms with Gasteiger partial charge in [-0.15, -0.1) is 0 Å². The largest absolute Gasteiger partial charge is 0.479 e. The van der Waals surface area contributed by atoms with Crippen LogP contribution in [0.25, 0.3) is 33.1 Å². The first-order chi connectivity index (χ1) is 14.9. The van der Waals surface area contributed by atoms with E-state index < -0.39 is 23.3 Å². The number of esters is 1. The predicted molar refractivity (Wildman–Crippen MR) is 115 cm³/mol. The predicted octanol–water partition coefficient (Wildman–Crippen LogP) is 4.21. The first-order valence-electron chi connectivity index (χ1n) is 9.83. The topological polar surface area (TPSA) is 96.0 Å². The Balaban J connectivity index is 1.86. The van der Waals surface area contributed by atoms with Crippen LogP contribution < -0.4 is 16.0 Å². The summed E-state index contributed by atoms with van der Waals surface area (Å²) in [5, 5.41) is 1.29. The normalized spacial score (nSPS) is 12.1. The summed E-state index contributed by atoms with van der Waals surface area (Å²) >= 11 is 0. The maximum Gasteiger partial charge on any atom is 0.347 e. The van der Waals surface area contributed by atoms with E-state index in [2.05, 4.69) is 0 Å². The van der Waals surface area contributed by atoms with E-state index in [0.29, 0.717) is 27.8 Å². The monoisotopic (exact) mass is 420 g/mol. The van der Waals surface area contributed by atoms with Crippen molar-refractivity contribution in [3.8, 4) is 16.9 Å². The Morgan fingerprint density at radius 1 is 1.03 bits per heavy atom. The molecule has 2 aromatic heterocycles. The van der Waals surface area contributed by atoms with Crippen molar-refractivity contribution in [2.45, 2.75) is 26.9 Å². The molecule has 0 fully saturated rings. The van der Waals surface area contributed by atoms with Crippen molar-refractivity contribution in [2.24, 2.45) is 0 Å². The highest BCUT2D eigenvalue weighted by Gasteiger charge is 2.20. The highest BCUT2D eigenvalue weighted by atomic mass is 16.6. The molecule has 0 amide bonds. The van der Waals surface area contributed by atoms with Crippen LogP contribution in [0, 0.1) is 6.92 Å². The van der Waals surface area contributed by atoms with E-state index >= 15 is 0 Å². The van der Waals surface area contributed by atoms with Gasteiger partial charge in [0.15, 0.2) is 6.10 Å². The highest BCUT2D eigenvalue weighted by molar-refractivity contribution is 5.97.